The zero-order valence-electron chi connectivity index (χ0n) is 22.3. The van der Waals surface area contributed by atoms with Crippen molar-refractivity contribution < 1.29 is 27.2 Å². The number of aromatic nitrogens is 4. The summed E-state index contributed by atoms with van der Waals surface area (Å²) in [6.07, 6.45) is 1.45. The normalized spacial score (nSPS) is 16.3. The minimum atomic E-state index is -4.64. The molecule has 0 aliphatic heterocycles. The van der Waals surface area contributed by atoms with Gasteiger partial charge in [-0.15, -0.1) is 0 Å². The van der Waals surface area contributed by atoms with Gasteiger partial charge in [0.15, 0.2) is 0 Å². The van der Waals surface area contributed by atoms with E-state index in [1.165, 1.54) is 25.3 Å². The number of nitrogens with zero attached hydrogens (tertiary/aromatic N) is 4. The lowest BCUT2D eigenvalue weighted by atomic mass is 9.88. The maximum absolute atomic E-state index is 15.1. The number of hydrogen-bond acceptors (Lipinski definition) is 5. The van der Waals surface area contributed by atoms with Crippen LogP contribution in [-0.2, 0) is 11.0 Å². The van der Waals surface area contributed by atoms with Gasteiger partial charge in [0, 0.05) is 35.3 Å². The maximum Gasteiger partial charge on any atom is 0.417 e. The average molecular weight is 559 g/mol. The Kier molecular flexibility index (Phi) is 7.36. The molecule has 0 radical (unpaired) electrons. The summed E-state index contributed by atoms with van der Waals surface area (Å²) in [7, 11) is 0. The predicted octanol–water partition coefficient (Wildman–Crippen LogP) is 5.56. The molecule has 2 amide bonds. The Morgan fingerprint density at radius 1 is 1.05 bits per heavy atom. The molecule has 0 spiro atoms. The summed E-state index contributed by atoms with van der Waals surface area (Å²) < 4.78 is 56.3. The van der Waals surface area contributed by atoms with Crippen LogP contribution < -0.4 is 10.6 Å². The first kappa shape index (κ1) is 27.7. The van der Waals surface area contributed by atoms with Gasteiger partial charge in [0.2, 0.25) is 11.9 Å². The van der Waals surface area contributed by atoms with E-state index >= 15 is 4.39 Å². The van der Waals surface area contributed by atoms with E-state index in [1.54, 1.807) is 10.7 Å². The van der Waals surface area contributed by atoms with E-state index in [0.717, 1.165) is 31.7 Å². The third-order valence-corrected chi connectivity index (χ3v) is 7.48. The number of carbonyl (C=O) groups excluding carboxylic acids is 2. The van der Waals surface area contributed by atoms with Crippen LogP contribution in [0.25, 0.3) is 11.1 Å². The van der Waals surface area contributed by atoms with Crippen LogP contribution in [0, 0.1) is 30.6 Å². The average Bonchev–Trinajstić information content (AvgIpc) is 3.83. The Balaban J connectivity index is 1.39. The van der Waals surface area contributed by atoms with E-state index in [-0.39, 0.29) is 34.6 Å². The van der Waals surface area contributed by atoms with Gasteiger partial charge in [-0.25, -0.2) is 4.98 Å². The van der Waals surface area contributed by atoms with Crippen molar-refractivity contribution in [3.63, 3.8) is 0 Å². The fourth-order valence-corrected chi connectivity index (χ4v) is 5.22. The molecule has 5 rings (SSSR count). The van der Waals surface area contributed by atoms with Crippen molar-refractivity contribution in [3.8, 4) is 11.1 Å². The minimum absolute atomic E-state index is 0.0489. The molecule has 1 atom stereocenters. The van der Waals surface area contributed by atoms with Crippen LogP contribution in [-0.4, -0.2) is 37.6 Å². The Labute approximate surface area is 228 Å². The molecule has 2 N–H and O–H groups in total. The van der Waals surface area contributed by atoms with E-state index in [9.17, 15) is 22.8 Å². The van der Waals surface area contributed by atoms with Gasteiger partial charge in [-0.2, -0.15) is 22.7 Å². The highest BCUT2D eigenvalue weighted by molar-refractivity contribution is 6.00. The molecule has 0 unspecified atom stereocenters. The number of amides is 2. The molecule has 40 heavy (non-hydrogen) atoms. The van der Waals surface area contributed by atoms with Crippen LogP contribution in [0.15, 0.2) is 36.7 Å². The number of aryl methyl sites for hydroxylation is 1. The molecular weight excluding hydrogens is 528 g/mol. The van der Waals surface area contributed by atoms with Gasteiger partial charge in [0.25, 0.3) is 5.91 Å². The van der Waals surface area contributed by atoms with Gasteiger partial charge in [-0.3, -0.25) is 19.3 Å². The summed E-state index contributed by atoms with van der Waals surface area (Å²) in [6, 6.07) is 4.06. The topological polar surface area (TPSA) is 102 Å². The van der Waals surface area contributed by atoms with Crippen LogP contribution in [0.1, 0.15) is 67.3 Å². The van der Waals surface area contributed by atoms with Gasteiger partial charge in [0.1, 0.15) is 17.6 Å². The SMILES string of the molecule is Cc1ncc(C(F)(F)F)cc1-c1ccc(NC(=O)[C@@H](NC(=O)c2ccnn2C(C)C)C(C2CC2)C2CC2)nc1F. The van der Waals surface area contributed by atoms with E-state index in [1.807, 2.05) is 13.8 Å². The third-order valence-electron chi connectivity index (χ3n) is 7.48. The fourth-order valence-electron chi connectivity index (χ4n) is 5.22. The molecule has 2 saturated carbocycles. The van der Waals surface area contributed by atoms with Crippen LogP contribution in [0.5, 0.6) is 0 Å². The summed E-state index contributed by atoms with van der Waals surface area (Å²) in [4.78, 5) is 34.4. The summed E-state index contributed by atoms with van der Waals surface area (Å²) in [5.41, 5.74) is -0.697. The van der Waals surface area contributed by atoms with E-state index < -0.39 is 35.5 Å². The van der Waals surface area contributed by atoms with Crippen molar-refractivity contribution in [3.05, 3.63) is 59.6 Å². The molecule has 2 fully saturated rings. The maximum atomic E-state index is 15.1. The number of rotatable bonds is 9. The van der Waals surface area contributed by atoms with Crippen molar-refractivity contribution in [2.24, 2.45) is 17.8 Å². The molecule has 2 aliphatic carbocycles. The number of carbonyl (C=O) groups is 2. The predicted molar refractivity (Wildman–Crippen MR) is 139 cm³/mol. The van der Waals surface area contributed by atoms with E-state index in [2.05, 4.69) is 25.7 Å². The standard InChI is InChI=1S/C28H30F4N6O2/c1-14(2)38-21(10-11-34-38)26(39)37-24(23(16-4-5-16)17-6-7-17)27(40)36-22-9-8-19(25(29)35-22)20-12-18(28(30,31)32)13-33-15(20)3/h8-14,16-17,23-24H,4-7H2,1-3H3,(H,37,39)(H,35,36,40)/t24-/m0/s1. The van der Waals surface area contributed by atoms with Crippen molar-refractivity contribution in [2.75, 3.05) is 5.32 Å². The van der Waals surface area contributed by atoms with E-state index in [0.29, 0.717) is 23.7 Å². The second kappa shape index (κ2) is 10.6. The lowest BCUT2D eigenvalue weighted by molar-refractivity contribution is -0.137. The van der Waals surface area contributed by atoms with Gasteiger partial charge in [-0.05, 0) is 88.5 Å². The summed E-state index contributed by atoms with van der Waals surface area (Å²) in [5.74, 6) is -1.57. The molecular formula is C28H30F4N6O2. The zero-order chi connectivity index (χ0) is 28.8. The lowest BCUT2D eigenvalue weighted by Gasteiger charge is -2.27. The second-order valence-electron chi connectivity index (χ2n) is 10.8. The number of anilines is 1. The second-order valence-corrected chi connectivity index (χ2v) is 10.8. The van der Waals surface area contributed by atoms with Crippen molar-refractivity contribution in [1.82, 2.24) is 25.1 Å². The van der Waals surface area contributed by atoms with Crippen LogP contribution in [0.3, 0.4) is 0 Å². The van der Waals surface area contributed by atoms with Crippen molar-refractivity contribution >= 4 is 17.6 Å². The van der Waals surface area contributed by atoms with Crippen LogP contribution >= 0.6 is 0 Å². The van der Waals surface area contributed by atoms with Crippen molar-refractivity contribution in [1.29, 1.82) is 0 Å². The smallest absolute Gasteiger partial charge is 0.339 e. The first-order chi connectivity index (χ1) is 18.9. The van der Waals surface area contributed by atoms with Crippen LogP contribution in [0.2, 0.25) is 0 Å². The monoisotopic (exact) mass is 558 g/mol. The highest BCUT2D eigenvalue weighted by Gasteiger charge is 2.48. The molecule has 8 nitrogen and oxygen atoms in total. The minimum Gasteiger partial charge on any atom is -0.339 e. The van der Waals surface area contributed by atoms with Gasteiger partial charge in [-0.1, -0.05) is 0 Å². The molecule has 2 aliphatic rings. The molecule has 3 aromatic rings. The molecule has 0 bridgehead atoms. The number of hydrogen-bond donors (Lipinski definition) is 2. The fraction of sp³-hybridized carbons (Fsp3) is 0.464. The van der Waals surface area contributed by atoms with Gasteiger partial charge in [0.05, 0.1) is 5.56 Å². The number of nitrogens with one attached hydrogen (secondary N) is 2. The molecule has 3 aromatic heterocycles. The zero-order valence-corrected chi connectivity index (χ0v) is 22.3. The Hall–Kier alpha value is -3.83. The van der Waals surface area contributed by atoms with Gasteiger partial charge >= 0.3 is 6.18 Å². The van der Waals surface area contributed by atoms with E-state index in [4.69, 9.17) is 0 Å². The molecule has 0 saturated heterocycles. The largest absolute Gasteiger partial charge is 0.417 e. The number of halogens is 4. The Bertz CT molecular complexity index is 1420. The molecule has 12 heteroatoms. The van der Waals surface area contributed by atoms with Crippen LogP contribution in [0.4, 0.5) is 23.4 Å². The Morgan fingerprint density at radius 3 is 2.30 bits per heavy atom. The molecule has 0 aromatic carbocycles. The first-order valence-corrected chi connectivity index (χ1v) is 13.3. The molecule has 212 valence electrons. The number of alkyl halides is 3. The quantitative estimate of drug-likeness (QED) is 0.265. The summed E-state index contributed by atoms with van der Waals surface area (Å²) >= 11 is 0. The first-order valence-electron chi connectivity index (χ1n) is 13.3. The lowest BCUT2D eigenvalue weighted by Crippen LogP contribution is -2.50. The highest BCUT2D eigenvalue weighted by atomic mass is 19.4. The summed E-state index contributed by atoms with van der Waals surface area (Å²) in [5, 5.41) is 9.73. The number of pyridine rings is 2. The van der Waals surface area contributed by atoms with Crippen molar-refractivity contribution in [2.45, 2.75) is 64.7 Å². The third kappa shape index (κ3) is 5.85. The van der Waals surface area contributed by atoms with Gasteiger partial charge < -0.3 is 10.6 Å². The Morgan fingerprint density at radius 2 is 1.73 bits per heavy atom. The molecule has 3 heterocycles. The summed E-state index contributed by atoms with van der Waals surface area (Å²) in [6.45, 7) is 5.26. The highest BCUT2D eigenvalue weighted by Crippen LogP contribution is 2.51.